The van der Waals surface area contributed by atoms with Crippen molar-refractivity contribution in [2.75, 3.05) is 13.7 Å². The summed E-state index contributed by atoms with van der Waals surface area (Å²) in [5.41, 5.74) is 1.81. The van der Waals surface area contributed by atoms with E-state index in [0.29, 0.717) is 6.42 Å². The topological polar surface area (TPSA) is 102 Å². The molecule has 8 heteroatoms. The van der Waals surface area contributed by atoms with Crippen molar-refractivity contribution in [2.45, 2.75) is 12.8 Å². The lowest BCUT2D eigenvalue weighted by molar-refractivity contribution is -0.148. The minimum atomic E-state index is -0.681. The molecule has 8 nitrogen and oxygen atoms in total. The molecule has 0 unspecified atom stereocenters. The minimum Gasteiger partial charge on any atom is -0.456 e. The van der Waals surface area contributed by atoms with Crippen LogP contribution in [0.2, 0.25) is 0 Å². The van der Waals surface area contributed by atoms with Gasteiger partial charge in [-0.15, -0.1) is 0 Å². The predicted octanol–water partition coefficient (Wildman–Crippen LogP) is 0.804. The molecule has 0 atom stereocenters. The Morgan fingerprint density at radius 3 is 2.67 bits per heavy atom. The summed E-state index contributed by atoms with van der Waals surface area (Å²) in [6.07, 6.45) is 4.08. The largest absolute Gasteiger partial charge is 0.456 e. The average Bonchev–Trinajstić information content (AvgIpc) is 3.08. The number of esters is 1. The van der Waals surface area contributed by atoms with E-state index in [1.54, 1.807) is 10.9 Å². The molecule has 1 aromatic heterocycles. The fourth-order valence-electron chi connectivity index (χ4n) is 1.90. The lowest BCUT2D eigenvalue weighted by atomic mass is 10.2. The Hall–Kier alpha value is -3.16. The number of aromatic nitrogens is 2. The number of nitrogens with one attached hydrogen (secondary N) is 2. The summed E-state index contributed by atoms with van der Waals surface area (Å²) in [6, 6.07) is 8.95. The van der Waals surface area contributed by atoms with Crippen LogP contribution in [-0.2, 0) is 20.7 Å². The van der Waals surface area contributed by atoms with Crippen molar-refractivity contribution in [3.05, 3.63) is 48.3 Å². The van der Waals surface area contributed by atoms with Crippen molar-refractivity contribution in [1.82, 2.24) is 20.4 Å². The quantitative estimate of drug-likeness (QED) is 0.763. The van der Waals surface area contributed by atoms with Crippen molar-refractivity contribution in [3.63, 3.8) is 0 Å². The van der Waals surface area contributed by atoms with Gasteiger partial charge in [0.1, 0.15) is 0 Å². The zero-order valence-corrected chi connectivity index (χ0v) is 13.2. The molecule has 1 aromatic carbocycles. The first-order valence-corrected chi connectivity index (χ1v) is 7.34. The van der Waals surface area contributed by atoms with E-state index in [1.807, 2.05) is 41.8 Å². The molecule has 0 saturated carbocycles. The number of hydrogen-bond acceptors (Lipinski definition) is 5. The van der Waals surface area contributed by atoms with Crippen molar-refractivity contribution in [2.24, 2.45) is 0 Å². The third-order valence-corrected chi connectivity index (χ3v) is 3.12. The molecular formula is C16H18N4O4. The number of rotatable bonds is 6. The van der Waals surface area contributed by atoms with Gasteiger partial charge in [-0.05, 0) is 24.1 Å². The van der Waals surface area contributed by atoms with Crippen LogP contribution in [0, 0.1) is 0 Å². The molecule has 1 heterocycles. The summed E-state index contributed by atoms with van der Waals surface area (Å²) in [7, 11) is 1.38. The number of benzene rings is 1. The zero-order valence-electron chi connectivity index (χ0n) is 13.2. The predicted molar refractivity (Wildman–Crippen MR) is 85.4 cm³/mol. The molecule has 0 bridgehead atoms. The first-order valence-electron chi connectivity index (χ1n) is 7.34. The SMILES string of the molecule is CNC(=O)NC(=O)COC(=O)CCc1cnn(-c2ccccc2)c1. The standard InChI is InChI=1S/C16H18N4O4/c1-17-16(23)19-14(21)11-24-15(22)8-7-12-9-18-20(10-12)13-5-3-2-4-6-13/h2-6,9-10H,7-8,11H2,1H3,(H2,17,19,21,23). The Bertz CT molecular complexity index is 712. The van der Waals surface area contributed by atoms with E-state index in [9.17, 15) is 14.4 Å². The summed E-state index contributed by atoms with van der Waals surface area (Å²) in [5, 5.41) is 8.46. The Morgan fingerprint density at radius 2 is 1.96 bits per heavy atom. The Balaban J connectivity index is 1.75. The van der Waals surface area contributed by atoms with Crippen LogP contribution in [0.4, 0.5) is 4.79 Å². The van der Waals surface area contributed by atoms with Crippen molar-refractivity contribution >= 4 is 17.9 Å². The maximum Gasteiger partial charge on any atom is 0.321 e. The molecule has 0 aliphatic heterocycles. The monoisotopic (exact) mass is 330 g/mol. The fraction of sp³-hybridized carbons (Fsp3) is 0.250. The molecule has 0 aliphatic rings. The van der Waals surface area contributed by atoms with Crippen LogP contribution < -0.4 is 10.6 Å². The van der Waals surface area contributed by atoms with Crippen LogP contribution in [0.15, 0.2) is 42.7 Å². The maximum atomic E-state index is 11.6. The summed E-state index contributed by atoms with van der Waals surface area (Å²) >= 11 is 0. The van der Waals surface area contributed by atoms with Gasteiger partial charge in [0.2, 0.25) is 0 Å². The molecule has 0 spiro atoms. The molecule has 0 fully saturated rings. The van der Waals surface area contributed by atoms with E-state index < -0.39 is 24.5 Å². The first-order chi connectivity index (χ1) is 11.6. The number of aryl methyl sites for hydroxylation is 1. The Kier molecular flexibility index (Phi) is 6.07. The molecule has 2 aromatic rings. The number of ether oxygens (including phenoxy) is 1. The van der Waals surface area contributed by atoms with Gasteiger partial charge in [-0.25, -0.2) is 9.48 Å². The minimum absolute atomic E-state index is 0.119. The second-order valence-corrected chi connectivity index (χ2v) is 4.92. The summed E-state index contributed by atoms with van der Waals surface area (Å²) in [6.45, 7) is -0.491. The van der Waals surface area contributed by atoms with Gasteiger partial charge < -0.3 is 10.1 Å². The molecule has 24 heavy (non-hydrogen) atoms. The van der Waals surface area contributed by atoms with Crippen LogP contribution in [0.5, 0.6) is 0 Å². The number of imide groups is 1. The lowest BCUT2D eigenvalue weighted by Gasteiger charge is -2.04. The van der Waals surface area contributed by atoms with Gasteiger partial charge in [-0.2, -0.15) is 5.10 Å². The van der Waals surface area contributed by atoms with Gasteiger partial charge >= 0.3 is 12.0 Å². The van der Waals surface area contributed by atoms with Gasteiger partial charge in [0.25, 0.3) is 5.91 Å². The summed E-state index contributed by atoms with van der Waals surface area (Å²) < 4.78 is 6.52. The highest BCUT2D eigenvalue weighted by Crippen LogP contribution is 2.09. The maximum absolute atomic E-state index is 11.6. The molecule has 2 rings (SSSR count). The smallest absolute Gasteiger partial charge is 0.321 e. The third kappa shape index (κ3) is 5.24. The van der Waals surface area contributed by atoms with Crippen molar-refractivity contribution in [1.29, 1.82) is 0 Å². The number of urea groups is 1. The van der Waals surface area contributed by atoms with Crippen LogP contribution >= 0.6 is 0 Å². The van der Waals surface area contributed by atoms with E-state index >= 15 is 0 Å². The highest BCUT2D eigenvalue weighted by atomic mass is 16.5. The van der Waals surface area contributed by atoms with Crippen LogP contribution in [0.3, 0.4) is 0 Å². The van der Waals surface area contributed by atoms with Crippen LogP contribution in [0.1, 0.15) is 12.0 Å². The van der Waals surface area contributed by atoms with Gasteiger partial charge in [0, 0.05) is 19.7 Å². The average molecular weight is 330 g/mol. The molecule has 126 valence electrons. The number of carbonyl (C=O) groups is 3. The third-order valence-electron chi connectivity index (χ3n) is 3.12. The Morgan fingerprint density at radius 1 is 1.21 bits per heavy atom. The first kappa shape index (κ1) is 17.2. The van der Waals surface area contributed by atoms with Gasteiger partial charge in [0.15, 0.2) is 6.61 Å². The fourth-order valence-corrected chi connectivity index (χ4v) is 1.90. The number of para-hydroxylation sites is 1. The molecular weight excluding hydrogens is 312 g/mol. The summed E-state index contributed by atoms with van der Waals surface area (Å²) in [4.78, 5) is 33.8. The van der Waals surface area contributed by atoms with Gasteiger partial charge in [-0.3, -0.25) is 14.9 Å². The van der Waals surface area contributed by atoms with E-state index in [2.05, 4.69) is 10.4 Å². The molecule has 0 aliphatic carbocycles. The molecule has 0 radical (unpaired) electrons. The Labute approximate surface area is 138 Å². The van der Waals surface area contributed by atoms with E-state index in [-0.39, 0.29) is 6.42 Å². The molecule has 3 amide bonds. The lowest BCUT2D eigenvalue weighted by Crippen LogP contribution is -2.39. The highest BCUT2D eigenvalue weighted by Gasteiger charge is 2.10. The number of amides is 3. The molecule has 0 saturated heterocycles. The van der Waals surface area contributed by atoms with Crippen LogP contribution in [0.25, 0.3) is 5.69 Å². The summed E-state index contributed by atoms with van der Waals surface area (Å²) in [5.74, 6) is -1.20. The number of carbonyl (C=O) groups excluding carboxylic acids is 3. The van der Waals surface area contributed by atoms with Crippen LogP contribution in [-0.4, -0.2) is 41.3 Å². The normalized spacial score (nSPS) is 10.0. The van der Waals surface area contributed by atoms with E-state index in [1.165, 1.54) is 7.05 Å². The second-order valence-electron chi connectivity index (χ2n) is 4.92. The molecule has 2 N–H and O–H groups in total. The zero-order chi connectivity index (χ0) is 17.4. The second kappa shape index (κ2) is 8.47. The van der Waals surface area contributed by atoms with Crippen molar-refractivity contribution in [3.8, 4) is 5.69 Å². The van der Waals surface area contributed by atoms with E-state index in [0.717, 1.165) is 11.3 Å². The van der Waals surface area contributed by atoms with Crippen molar-refractivity contribution < 1.29 is 19.1 Å². The van der Waals surface area contributed by atoms with Gasteiger partial charge in [0.05, 0.1) is 11.9 Å². The van der Waals surface area contributed by atoms with E-state index in [4.69, 9.17) is 4.74 Å². The van der Waals surface area contributed by atoms with Gasteiger partial charge in [-0.1, -0.05) is 18.2 Å². The number of hydrogen-bond donors (Lipinski definition) is 2. The number of nitrogens with zero attached hydrogens (tertiary/aromatic N) is 2. The highest BCUT2D eigenvalue weighted by molar-refractivity contribution is 5.95.